The minimum absolute atomic E-state index is 0.201. The zero-order chi connectivity index (χ0) is 18.3. The van der Waals surface area contributed by atoms with Crippen molar-refractivity contribution < 1.29 is 4.79 Å². The van der Waals surface area contributed by atoms with Crippen molar-refractivity contribution >= 4 is 27.5 Å². The number of nitrogens with zero attached hydrogens (tertiary/aromatic N) is 2. The second-order valence-electron chi connectivity index (χ2n) is 6.27. The first-order valence-corrected chi connectivity index (χ1v) is 9.05. The van der Waals surface area contributed by atoms with E-state index in [0.29, 0.717) is 22.5 Å². The maximum Gasteiger partial charge on any atom is 0.263 e. The molecule has 0 bridgehead atoms. The van der Waals surface area contributed by atoms with E-state index in [0.717, 1.165) is 21.6 Å². The second-order valence-corrected chi connectivity index (χ2v) is 7.47. The lowest BCUT2D eigenvalue weighted by atomic mass is 10.1. The summed E-state index contributed by atoms with van der Waals surface area (Å²) < 4.78 is 1.47. The van der Waals surface area contributed by atoms with Crippen LogP contribution in [0.5, 0.6) is 0 Å². The van der Waals surface area contributed by atoms with Crippen LogP contribution in [-0.2, 0) is 4.79 Å². The molecule has 2 aromatic heterocycles. The summed E-state index contributed by atoms with van der Waals surface area (Å²) in [5.41, 5.74) is 8.21. The van der Waals surface area contributed by atoms with E-state index >= 15 is 0 Å². The highest BCUT2D eigenvalue weighted by atomic mass is 32.1. The van der Waals surface area contributed by atoms with Crippen molar-refractivity contribution in [3.8, 4) is 11.4 Å². The van der Waals surface area contributed by atoms with Crippen LogP contribution in [0.25, 0.3) is 21.6 Å². The Hall–Kier alpha value is -2.47. The van der Waals surface area contributed by atoms with Crippen LogP contribution in [0, 0.1) is 20.8 Å². The molecule has 0 aliphatic heterocycles. The monoisotopic (exact) mass is 355 g/mol. The van der Waals surface area contributed by atoms with E-state index in [9.17, 15) is 9.59 Å². The average molecular weight is 355 g/mol. The number of nitrogens with two attached hydrogens (primary N) is 1. The van der Waals surface area contributed by atoms with Crippen LogP contribution in [0.15, 0.2) is 29.1 Å². The number of thiophene rings is 1. The van der Waals surface area contributed by atoms with Gasteiger partial charge in [-0.3, -0.25) is 14.2 Å². The quantitative estimate of drug-likeness (QED) is 0.778. The SMILES string of the molecule is CCC(C(N)=O)n1c(-c2ccc(C)cc2)nc2sc(C)c(C)c2c1=O. The van der Waals surface area contributed by atoms with Crippen LogP contribution in [0.1, 0.15) is 35.4 Å². The van der Waals surface area contributed by atoms with E-state index in [1.54, 1.807) is 0 Å². The van der Waals surface area contributed by atoms with Gasteiger partial charge in [0.15, 0.2) is 0 Å². The molecule has 1 aromatic carbocycles. The summed E-state index contributed by atoms with van der Waals surface area (Å²) in [6, 6.07) is 7.04. The van der Waals surface area contributed by atoms with Gasteiger partial charge in [-0.05, 0) is 32.8 Å². The van der Waals surface area contributed by atoms with Crippen LogP contribution in [-0.4, -0.2) is 15.5 Å². The van der Waals surface area contributed by atoms with E-state index in [4.69, 9.17) is 10.7 Å². The van der Waals surface area contributed by atoms with E-state index in [2.05, 4.69) is 0 Å². The fraction of sp³-hybridized carbons (Fsp3) is 0.316. The number of carbonyl (C=O) groups is 1. The number of primary amides is 1. The molecule has 0 aliphatic carbocycles. The maximum atomic E-state index is 13.3. The van der Waals surface area contributed by atoms with Gasteiger partial charge in [-0.15, -0.1) is 11.3 Å². The van der Waals surface area contributed by atoms with Gasteiger partial charge in [0.1, 0.15) is 16.7 Å². The Labute approximate surface area is 150 Å². The lowest BCUT2D eigenvalue weighted by Crippen LogP contribution is -2.35. The molecule has 3 aromatic rings. The van der Waals surface area contributed by atoms with Gasteiger partial charge in [-0.2, -0.15) is 0 Å². The van der Waals surface area contributed by atoms with Gasteiger partial charge in [-0.25, -0.2) is 4.98 Å². The van der Waals surface area contributed by atoms with Crippen molar-refractivity contribution in [2.24, 2.45) is 5.73 Å². The predicted octanol–water partition coefficient (Wildman–Crippen LogP) is 3.49. The first kappa shape index (κ1) is 17.4. The summed E-state index contributed by atoms with van der Waals surface area (Å²) in [6.45, 7) is 7.73. The Kier molecular flexibility index (Phi) is 4.47. The third-order valence-corrected chi connectivity index (χ3v) is 5.67. The van der Waals surface area contributed by atoms with Gasteiger partial charge < -0.3 is 5.73 Å². The highest BCUT2D eigenvalue weighted by Crippen LogP contribution is 2.30. The summed E-state index contributed by atoms with van der Waals surface area (Å²) in [5.74, 6) is -0.0342. The zero-order valence-electron chi connectivity index (χ0n) is 14.8. The van der Waals surface area contributed by atoms with E-state index in [1.165, 1.54) is 15.9 Å². The average Bonchev–Trinajstić information content (AvgIpc) is 2.85. The molecule has 6 heteroatoms. The molecule has 0 fully saturated rings. The van der Waals surface area contributed by atoms with E-state index < -0.39 is 11.9 Å². The number of hydrogen-bond donors (Lipinski definition) is 1. The largest absolute Gasteiger partial charge is 0.368 e. The normalized spacial score (nSPS) is 12.5. The van der Waals surface area contributed by atoms with Gasteiger partial charge in [0.25, 0.3) is 5.56 Å². The van der Waals surface area contributed by atoms with Crippen LogP contribution >= 0.6 is 11.3 Å². The van der Waals surface area contributed by atoms with Gasteiger partial charge >= 0.3 is 0 Å². The van der Waals surface area contributed by atoms with E-state index in [1.807, 2.05) is 52.0 Å². The van der Waals surface area contributed by atoms with Crippen LogP contribution in [0.4, 0.5) is 0 Å². The lowest BCUT2D eigenvalue weighted by Gasteiger charge is -2.19. The number of fused-ring (bicyclic) bond motifs is 1. The number of benzene rings is 1. The van der Waals surface area contributed by atoms with E-state index in [-0.39, 0.29) is 5.56 Å². The predicted molar refractivity (Wildman–Crippen MR) is 102 cm³/mol. The van der Waals surface area contributed by atoms with Crippen molar-refractivity contribution in [3.05, 3.63) is 50.6 Å². The molecule has 2 N–H and O–H groups in total. The van der Waals surface area contributed by atoms with Crippen LogP contribution in [0.3, 0.4) is 0 Å². The van der Waals surface area contributed by atoms with Gasteiger partial charge in [0, 0.05) is 10.4 Å². The Balaban J connectivity index is 2.43. The summed E-state index contributed by atoms with van der Waals surface area (Å²) >= 11 is 1.50. The number of aromatic nitrogens is 2. The minimum atomic E-state index is -0.722. The molecule has 0 spiro atoms. The molecule has 2 heterocycles. The third-order valence-electron chi connectivity index (χ3n) is 4.57. The molecule has 0 aliphatic rings. The van der Waals surface area contributed by atoms with Crippen molar-refractivity contribution in [1.29, 1.82) is 0 Å². The fourth-order valence-corrected chi connectivity index (χ4v) is 4.03. The summed E-state index contributed by atoms with van der Waals surface area (Å²) in [5, 5.41) is 0.582. The Bertz CT molecular complexity index is 1020. The molecule has 5 nitrogen and oxygen atoms in total. The summed E-state index contributed by atoms with van der Waals surface area (Å²) in [6.07, 6.45) is 0.434. The molecule has 0 radical (unpaired) electrons. The molecule has 130 valence electrons. The second kappa shape index (κ2) is 6.44. The number of hydrogen-bond acceptors (Lipinski definition) is 4. The molecule has 1 amide bonds. The Morgan fingerprint density at radius 1 is 1.24 bits per heavy atom. The molecule has 0 saturated carbocycles. The highest BCUT2D eigenvalue weighted by molar-refractivity contribution is 7.18. The molecular formula is C19H21N3O2S. The van der Waals surface area contributed by atoms with Crippen LogP contribution in [0.2, 0.25) is 0 Å². The Morgan fingerprint density at radius 3 is 2.44 bits per heavy atom. The van der Waals surface area contributed by atoms with Gasteiger partial charge in [0.2, 0.25) is 5.91 Å². The van der Waals surface area contributed by atoms with Gasteiger partial charge in [0.05, 0.1) is 5.39 Å². The van der Waals surface area contributed by atoms with Gasteiger partial charge in [-0.1, -0.05) is 36.8 Å². The molecular weight excluding hydrogens is 334 g/mol. The molecule has 0 saturated heterocycles. The number of rotatable bonds is 4. The fourth-order valence-electron chi connectivity index (χ4n) is 3.01. The minimum Gasteiger partial charge on any atom is -0.368 e. The number of carbonyl (C=O) groups excluding carboxylic acids is 1. The number of aryl methyl sites for hydroxylation is 3. The topological polar surface area (TPSA) is 78.0 Å². The van der Waals surface area contributed by atoms with Crippen LogP contribution < -0.4 is 11.3 Å². The Morgan fingerprint density at radius 2 is 1.88 bits per heavy atom. The first-order chi connectivity index (χ1) is 11.8. The zero-order valence-corrected chi connectivity index (χ0v) is 15.6. The van der Waals surface area contributed by atoms with Crippen molar-refractivity contribution in [3.63, 3.8) is 0 Å². The number of amides is 1. The molecule has 1 unspecified atom stereocenters. The summed E-state index contributed by atoms with van der Waals surface area (Å²) in [7, 11) is 0. The standard InChI is InChI=1S/C19H21N3O2S/c1-5-14(16(20)23)22-17(13-8-6-10(2)7-9-13)21-18-15(19(22)24)11(3)12(4)25-18/h6-9,14H,5H2,1-4H3,(H2,20,23). The van der Waals surface area contributed by atoms with Crippen molar-refractivity contribution in [2.45, 2.75) is 40.2 Å². The molecule has 25 heavy (non-hydrogen) atoms. The van der Waals surface area contributed by atoms with Crippen molar-refractivity contribution in [1.82, 2.24) is 9.55 Å². The maximum absolute atomic E-state index is 13.3. The third kappa shape index (κ3) is 2.87. The lowest BCUT2D eigenvalue weighted by molar-refractivity contribution is -0.121. The summed E-state index contributed by atoms with van der Waals surface area (Å²) in [4.78, 5) is 31.7. The molecule has 1 atom stereocenters. The first-order valence-electron chi connectivity index (χ1n) is 8.23. The molecule has 3 rings (SSSR count). The highest BCUT2D eigenvalue weighted by Gasteiger charge is 2.25. The smallest absolute Gasteiger partial charge is 0.263 e. The van der Waals surface area contributed by atoms with Crippen molar-refractivity contribution in [2.75, 3.05) is 0 Å².